The van der Waals surface area contributed by atoms with E-state index in [0.717, 1.165) is 0 Å². The molecule has 2 aliphatic heterocycles. The molecule has 2 aromatic heterocycles. The number of ketones is 1. The fourth-order valence-electron chi connectivity index (χ4n) is 4.21. The summed E-state index contributed by atoms with van der Waals surface area (Å²) in [7, 11) is 0. The van der Waals surface area contributed by atoms with Crippen LogP contribution in [-0.2, 0) is 4.79 Å². The van der Waals surface area contributed by atoms with E-state index in [1.165, 1.54) is 11.0 Å². The monoisotopic (exact) mass is 474 g/mol. The minimum absolute atomic E-state index is 0.0277. The molecule has 6 rings (SSSR count). The van der Waals surface area contributed by atoms with Crippen LogP contribution in [0.5, 0.6) is 11.5 Å². The van der Waals surface area contributed by atoms with Crippen molar-refractivity contribution in [2.45, 2.75) is 6.04 Å². The molecule has 0 aliphatic carbocycles. The fraction of sp³-hybridized carbons (Fsp3) is 0.0800. The number of furan rings is 1. The average Bonchev–Trinajstić information content (AvgIpc) is 3.55. The minimum atomic E-state index is -0.988. The van der Waals surface area contributed by atoms with Crippen molar-refractivity contribution < 1.29 is 28.6 Å². The van der Waals surface area contributed by atoms with E-state index in [2.05, 4.69) is 4.98 Å². The molecule has 8 nitrogen and oxygen atoms in total. The molecule has 4 aromatic rings. The number of carbonyl (C=O) groups is 2. The number of rotatable bonds is 4. The maximum atomic E-state index is 13.6. The van der Waals surface area contributed by atoms with Crippen LogP contribution in [0.15, 0.2) is 82.6 Å². The van der Waals surface area contributed by atoms with E-state index < -0.39 is 23.5 Å². The third-order valence-electron chi connectivity index (χ3n) is 5.76. The summed E-state index contributed by atoms with van der Waals surface area (Å²) in [4.78, 5) is 32.6. The number of carbonyl (C=O) groups excluding carboxylic acids is 2. The lowest BCUT2D eigenvalue weighted by Crippen LogP contribution is -2.31. The Hall–Kier alpha value is -4.30. The lowest BCUT2D eigenvalue weighted by molar-refractivity contribution is -0.117. The van der Waals surface area contributed by atoms with E-state index in [4.69, 9.17) is 25.5 Å². The molecule has 0 radical (unpaired) electrons. The number of amides is 1. The highest BCUT2D eigenvalue weighted by Gasteiger charge is 2.46. The minimum Gasteiger partial charge on any atom is -0.503 e. The topological polar surface area (TPSA) is 102 Å². The smallest absolute Gasteiger partial charge is 0.294 e. The molecule has 0 fully saturated rings. The third-order valence-corrected chi connectivity index (χ3v) is 5.99. The van der Waals surface area contributed by atoms with Crippen molar-refractivity contribution in [2.75, 3.05) is 11.7 Å². The Bertz CT molecular complexity index is 1510. The predicted molar refractivity (Wildman–Crippen MR) is 122 cm³/mol. The Balaban J connectivity index is 1.48. The Kier molecular flexibility index (Phi) is 4.56. The number of fused-ring (bicyclic) bond motifs is 2. The van der Waals surface area contributed by atoms with Gasteiger partial charge in [-0.15, -0.1) is 0 Å². The molecule has 0 spiro atoms. The molecule has 2 aromatic carbocycles. The fourth-order valence-corrected chi connectivity index (χ4v) is 4.40. The third kappa shape index (κ3) is 3.11. The van der Waals surface area contributed by atoms with E-state index in [1.807, 2.05) is 0 Å². The number of aromatic nitrogens is 1. The van der Waals surface area contributed by atoms with Crippen LogP contribution in [-0.4, -0.2) is 28.6 Å². The summed E-state index contributed by atoms with van der Waals surface area (Å²) >= 11 is 6.05. The summed E-state index contributed by atoms with van der Waals surface area (Å²) < 4.78 is 16.5. The van der Waals surface area contributed by atoms with E-state index in [1.54, 1.807) is 60.8 Å². The molecule has 0 bridgehead atoms. The molecular formula is C25H15ClN2O6. The molecule has 0 saturated carbocycles. The number of anilines is 1. The van der Waals surface area contributed by atoms with Gasteiger partial charge in [-0.3, -0.25) is 19.5 Å². The van der Waals surface area contributed by atoms with Gasteiger partial charge >= 0.3 is 0 Å². The van der Waals surface area contributed by atoms with Crippen LogP contribution in [0.1, 0.15) is 22.3 Å². The van der Waals surface area contributed by atoms with E-state index in [-0.39, 0.29) is 18.1 Å². The first kappa shape index (κ1) is 20.3. The zero-order chi connectivity index (χ0) is 23.4. The van der Waals surface area contributed by atoms with Gasteiger partial charge in [-0.05, 0) is 48.5 Å². The number of aliphatic hydroxyl groups excluding tert-OH is 1. The first-order valence-corrected chi connectivity index (χ1v) is 10.7. The number of benzene rings is 2. The number of Topliss-reactive ketones (excluding diaryl/α,β-unsaturated/α-hetero) is 1. The molecule has 2 aliphatic rings. The van der Waals surface area contributed by atoms with Gasteiger partial charge in [0.2, 0.25) is 12.6 Å². The molecule has 9 heteroatoms. The van der Waals surface area contributed by atoms with Gasteiger partial charge in [-0.25, -0.2) is 0 Å². The number of hydrogen-bond donors (Lipinski definition) is 1. The normalized spacial score (nSPS) is 17.1. The molecule has 1 N–H and O–H groups in total. The molecule has 4 heterocycles. The summed E-state index contributed by atoms with van der Waals surface area (Å²) in [6.07, 6.45) is 1.55. The van der Waals surface area contributed by atoms with E-state index in [0.29, 0.717) is 38.9 Å². The number of nitrogens with zero attached hydrogens (tertiary/aromatic N) is 2. The van der Waals surface area contributed by atoms with Crippen LogP contribution < -0.4 is 14.4 Å². The Morgan fingerprint density at radius 2 is 1.91 bits per heavy atom. The molecule has 0 saturated heterocycles. The Morgan fingerprint density at radius 1 is 1.06 bits per heavy atom. The molecule has 34 heavy (non-hydrogen) atoms. The summed E-state index contributed by atoms with van der Waals surface area (Å²) in [5.74, 6) is -1.07. The van der Waals surface area contributed by atoms with Gasteiger partial charge in [0.25, 0.3) is 5.91 Å². The lowest BCUT2D eigenvalue weighted by Gasteiger charge is -2.26. The molecule has 1 unspecified atom stereocenters. The zero-order valence-corrected chi connectivity index (χ0v) is 18.2. The van der Waals surface area contributed by atoms with E-state index in [9.17, 15) is 14.7 Å². The van der Waals surface area contributed by atoms with Crippen LogP contribution in [0.4, 0.5) is 5.69 Å². The Labute approximate surface area is 197 Å². The van der Waals surface area contributed by atoms with Crippen LogP contribution in [0.2, 0.25) is 5.02 Å². The van der Waals surface area contributed by atoms with Crippen LogP contribution in [0, 0.1) is 0 Å². The van der Waals surface area contributed by atoms with Crippen molar-refractivity contribution in [3.05, 3.63) is 94.7 Å². The predicted octanol–water partition coefficient (Wildman–Crippen LogP) is 4.99. The molecule has 1 atom stereocenters. The Morgan fingerprint density at radius 3 is 2.74 bits per heavy atom. The van der Waals surface area contributed by atoms with Crippen molar-refractivity contribution in [3.63, 3.8) is 0 Å². The van der Waals surface area contributed by atoms with Gasteiger partial charge < -0.3 is 19.0 Å². The SMILES string of the molecule is O=C(C1=C(O)C(=O)N(c2ccc3c(c2)OCO3)C1c1ccccn1)c1cc2cc(Cl)ccc2o1. The second kappa shape index (κ2) is 7.64. The first-order chi connectivity index (χ1) is 16.5. The summed E-state index contributed by atoms with van der Waals surface area (Å²) in [5, 5.41) is 12.0. The van der Waals surface area contributed by atoms with Crippen molar-refractivity contribution >= 4 is 39.9 Å². The van der Waals surface area contributed by atoms with Gasteiger partial charge in [0.05, 0.1) is 11.3 Å². The second-order valence-electron chi connectivity index (χ2n) is 7.75. The second-order valence-corrected chi connectivity index (χ2v) is 8.19. The van der Waals surface area contributed by atoms with Crippen molar-refractivity contribution in [1.82, 2.24) is 4.98 Å². The molecular weight excluding hydrogens is 460 g/mol. The largest absolute Gasteiger partial charge is 0.503 e. The number of pyridine rings is 1. The molecule has 1 amide bonds. The summed E-state index contributed by atoms with van der Waals surface area (Å²) in [6, 6.07) is 15.6. The van der Waals surface area contributed by atoms with Gasteiger partial charge in [-0.1, -0.05) is 17.7 Å². The maximum absolute atomic E-state index is 13.6. The van der Waals surface area contributed by atoms with Gasteiger partial charge in [-0.2, -0.15) is 0 Å². The van der Waals surface area contributed by atoms with E-state index >= 15 is 0 Å². The number of halogens is 1. The zero-order valence-electron chi connectivity index (χ0n) is 17.4. The highest BCUT2D eigenvalue weighted by Crippen LogP contribution is 2.44. The average molecular weight is 475 g/mol. The lowest BCUT2D eigenvalue weighted by atomic mass is 9.98. The van der Waals surface area contributed by atoms with Crippen LogP contribution in [0.3, 0.4) is 0 Å². The summed E-state index contributed by atoms with van der Waals surface area (Å²) in [5.41, 5.74) is 1.14. The first-order valence-electron chi connectivity index (χ1n) is 10.3. The van der Waals surface area contributed by atoms with Crippen LogP contribution in [0.25, 0.3) is 11.0 Å². The standard InChI is InChI=1S/C25H15ClN2O6/c26-14-4-6-17-13(9-14)10-20(34-17)23(29)21-22(16-3-1-2-8-27-16)28(25(31)24(21)30)15-5-7-18-19(11-15)33-12-32-18/h1-11,22,30H,12H2. The van der Waals surface area contributed by atoms with Crippen molar-refractivity contribution in [1.29, 1.82) is 0 Å². The molecule has 168 valence electrons. The van der Waals surface area contributed by atoms with Gasteiger partial charge in [0, 0.05) is 28.4 Å². The van der Waals surface area contributed by atoms with Crippen molar-refractivity contribution in [2.24, 2.45) is 0 Å². The van der Waals surface area contributed by atoms with Gasteiger partial charge in [0.15, 0.2) is 23.0 Å². The van der Waals surface area contributed by atoms with Gasteiger partial charge in [0.1, 0.15) is 11.6 Å². The highest BCUT2D eigenvalue weighted by atomic mass is 35.5. The van der Waals surface area contributed by atoms with Crippen molar-refractivity contribution in [3.8, 4) is 11.5 Å². The quantitative estimate of drug-likeness (QED) is 0.415. The number of aliphatic hydroxyl groups is 1. The maximum Gasteiger partial charge on any atom is 0.294 e. The highest BCUT2D eigenvalue weighted by molar-refractivity contribution is 6.31. The number of ether oxygens (including phenoxy) is 2. The number of hydrogen-bond acceptors (Lipinski definition) is 7. The summed E-state index contributed by atoms with van der Waals surface area (Å²) in [6.45, 7) is 0.0692. The van der Waals surface area contributed by atoms with Crippen LogP contribution >= 0.6 is 11.6 Å².